The van der Waals surface area contributed by atoms with Crippen LogP contribution in [0.5, 0.6) is 0 Å². The molecule has 0 aromatic carbocycles. The Kier molecular flexibility index (Phi) is 27.8. The van der Waals surface area contributed by atoms with Gasteiger partial charge in [0.1, 0.15) is 0 Å². The highest BCUT2D eigenvalue weighted by Crippen LogP contribution is 2.33. The fourth-order valence-electron chi connectivity index (χ4n) is 6.06. The lowest BCUT2D eigenvalue weighted by Crippen LogP contribution is -2.50. The van der Waals surface area contributed by atoms with Crippen LogP contribution in [0.2, 0.25) is 25.3 Å². The van der Waals surface area contributed by atoms with Gasteiger partial charge in [0.2, 0.25) is 0 Å². The standard InChI is InChI=1S/C16H36B.C16H36N/c2*1-5-9-13-17(14-10-6-2,15-11-7-3)16-12-8-4/h2*5-16H2,1-4H3/q-1;+1. The number of nitrogens with zero attached hydrogens (tertiary/aromatic N) is 1. The molecule has 0 N–H and O–H groups in total. The highest BCUT2D eigenvalue weighted by atomic mass is 15.3. The molecule has 0 saturated carbocycles. The van der Waals surface area contributed by atoms with Crippen molar-refractivity contribution in [3.63, 3.8) is 0 Å². The van der Waals surface area contributed by atoms with Crippen molar-refractivity contribution in [1.29, 1.82) is 0 Å². The molecule has 0 unspecified atom stereocenters. The first-order valence-electron chi connectivity index (χ1n) is 16.6. The van der Waals surface area contributed by atoms with Gasteiger partial charge in [0, 0.05) is 6.15 Å². The van der Waals surface area contributed by atoms with Crippen molar-refractivity contribution in [3.05, 3.63) is 0 Å². The van der Waals surface area contributed by atoms with E-state index < -0.39 is 0 Å². The number of hydrogen-bond donors (Lipinski definition) is 0. The normalized spacial score (nSPS) is 12.0. The van der Waals surface area contributed by atoms with Crippen LogP contribution in [-0.4, -0.2) is 36.8 Å². The first-order valence-corrected chi connectivity index (χ1v) is 16.6. The number of hydrogen-bond acceptors (Lipinski definition) is 0. The topological polar surface area (TPSA) is 0 Å². The molecule has 0 fully saturated rings. The van der Waals surface area contributed by atoms with E-state index in [9.17, 15) is 0 Å². The van der Waals surface area contributed by atoms with Gasteiger partial charge in [-0.3, -0.25) is 0 Å². The van der Waals surface area contributed by atoms with Crippen LogP contribution in [-0.2, 0) is 0 Å². The van der Waals surface area contributed by atoms with Gasteiger partial charge in [-0.25, -0.2) is 0 Å². The van der Waals surface area contributed by atoms with E-state index in [2.05, 4.69) is 55.4 Å². The minimum absolute atomic E-state index is 0.00722. The predicted molar refractivity (Wildman–Crippen MR) is 164 cm³/mol. The van der Waals surface area contributed by atoms with Gasteiger partial charge in [0.15, 0.2) is 0 Å². The number of quaternary nitrogens is 1. The Balaban J connectivity index is 0. The summed E-state index contributed by atoms with van der Waals surface area (Å²) in [6, 6.07) is 0. The van der Waals surface area contributed by atoms with Crippen LogP contribution in [0.15, 0.2) is 0 Å². The van der Waals surface area contributed by atoms with E-state index in [0.717, 1.165) is 0 Å². The van der Waals surface area contributed by atoms with Crippen LogP contribution in [0, 0.1) is 0 Å². The van der Waals surface area contributed by atoms with Crippen LogP contribution in [0.1, 0.15) is 158 Å². The first-order chi connectivity index (χ1) is 16.5. The average molecular weight is 482 g/mol. The van der Waals surface area contributed by atoms with Gasteiger partial charge in [-0.05, 0) is 25.7 Å². The van der Waals surface area contributed by atoms with Crippen LogP contribution < -0.4 is 0 Å². The van der Waals surface area contributed by atoms with Gasteiger partial charge in [0.25, 0.3) is 0 Å². The molecule has 0 aromatic heterocycles. The average Bonchev–Trinajstić information content (AvgIpc) is 2.87. The summed E-state index contributed by atoms with van der Waals surface area (Å²) in [6.07, 6.45) is 28.7. The highest BCUT2D eigenvalue weighted by molar-refractivity contribution is 6.79. The summed E-state index contributed by atoms with van der Waals surface area (Å²) in [4.78, 5) is 0. The fraction of sp³-hybridized carbons (Fsp3) is 1.00. The Bertz CT molecular complexity index is 270. The molecule has 0 bridgehead atoms. The maximum absolute atomic E-state index is 2.35. The minimum Gasteiger partial charge on any atom is -0.324 e. The zero-order chi connectivity index (χ0) is 26.0. The van der Waals surface area contributed by atoms with E-state index in [4.69, 9.17) is 0 Å². The monoisotopic (exact) mass is 482 g/mol. The summed E-state index contributed by atoms with van der Waals surface area (Å²) < 4.78 is 1.42. The lowest BCUT2D eigenvalue weighted by Gasteiger charge is -2.40. The molecule has 0 spiro atoms. The second-order valence-corrected chi connectivity index (χ2v) is 12.0. The smallest absolute Gasteiger partial charge is 0.0786 e. The summed E-state index contributed by atoms with van der Waals surface area (Å²) in [5, 5.41) is 0. The van der Waals surface area contributed by atoms with Gasteiger partial charge in [0.05, 0.1) is 26.2 Å². The van der Waals surface area contributed by atoms with E-state index in [-0.39, 0.29) is 6.15 Å². The van der Waals surface area contributed by atoms with Gasteiger partial charge >= 0.3 is 0 Å². The number of unbranched alkanes of at least 4 members (excludes halogenated alkanes) is 8. The highest BCUT2D eigenvalue weighted by Gasteiger charge is 2.25. The van der Waals surface area contributed by atoms with Crippen molar-refractivity contribution in [2.24, 2.45) is 0 Å². The molecule has 0 aromatic rings. The molecule has 0 aliphatic carbocycles. The molecule has 208 valence electrons. The summed E-state index contributed by atoms with van der Waals surface area (Å²) in [7, 11) is 0. The molecule has 0 aliphatic rings. The molecular weight excluding hydrogens is 409 g/mol. The lowest BCUT2D eigenvalue weighted by molar-refractivity contribution is -0.929. The minimum atomic E-state index is -0.00722. The van der Waals surface area contributed by atoms with Gasteiger partial charge in [-0.1, -0.05) is 132 Å². The van der Waals surface area contributed by atoms with E-state index in [0.29, 0.717) is 0 Å². The van der Waals surface area contributed by atoms with Crippen molar-refractivity contribution in [3.8, 4) is 0 Å². The Morgan fingerprint density at radius 2 is 0.529 bits per heavy atom. The van der Waals surface area contributed by atoms with Crippen molar-refractivity contribution < 1.29 is 4.48 Å². The Hall–Kier alpha value is 0.0249. The predicted octanol–water partition coefficient (Wildman–Crippen LogP) is 11.6. The Morgan fingerprint density at radius 1 is 0.324 bits per heavy atom. The van der Waals surface area contributed by atoms with Crippen LogP contribution in [0.4, 0.5) is 0 Å². The van der Waals surface area contributed by atoms with Gasteiger partial charge in [-0.2, -0.15) is 25.3 Å². The van der Waals surface area contributed by atoms with Crippen molar-refractivity contribution in [2.75, 3.05) is 26.2 Å². The third-order valence-corrected chi connectivity index (χ3v) is 8.62. The van der Waals surface area contributed by atoms with Crippen LogP contribution in [0.25, 0.3) is 0 Å². The molecule has 0 rings (SSSR count). The summed E-state index contributed by atoms with van der Waals surface area (Å²) in [5.74, 6) is 0. The van der Waals surface area contributed by atoms with Gasteiger partial charge < -0.3 is 4.48 Å². The zero-order valence-electron chi connectivity index (χ0n) is 26.0. The summed E-state index contributed by atoms with van der Waals surface area (Å²) in [6.45, 7) is 24.4. The first kappa shape index (κ1) is 36.2. The van der Waals surface area contributed by atoms with Crippen molar-refractivity contribution >= 4 is 6.15 Å². The Morgan fingerprint density at radius 3 is 0.706 bits per heavy atom. The van der Waals surface area contributed by atoms with Gasteiger partial charge in [-0.15, -0.1) is 0 Å². The van der Waals surface area contributed by atoms with Crippen molar-refractivity contribution in [2.45, 2.75) is 183 Å². The maximum Gasteiger partial charge on any atom is 0.0786 e. The molecule has 0 radical (unpaired) electrons. The molecule has 0 atom stereocenters. The molecule has 2 heteroatoms. The maximum atomic E-state index is 2.35. The second-order valence-electron chi connectivity index (χ2n) is 12.0. The van der Waals surface area contributed by atoms with E-state index in [1.54, 1.807) is 25.3 Å². The summed E-state index contributed by atoms with van der Waals surface area (Å²) >= 11 is 0. The van der Waals surface area contributed by atoms with E-state index >= 15 is 0 Å². The molecular formula is C32H72BN. The molecule has 1 nitrogen and oxygen atoms in total. The molecule has 34 heavy (non-hydrogen) atoms. The Labute approximate surface area is 220 Å². The van der Waals surface area contributed by atoms with Crippen LogP contribution in [0.3, 0.4) is 0 Å². The third kappa shape index (κ3) is 19.2. The van der Waals surface area contributed by atoms with E-state index in [1.165, 1.54) is 133 Å². The quantitative estimate of drug-likeness (QED) is 0.0949. The fourth-order valence-corrected chi connectivity index (χ4v) is 6.06. The second kappa shape index (κ2) is 26.1. The van der Waals surface area contributed by atoms with E-state index in [1.807, 2.05) is 0 Å². The number of rotatable bonds is 24. The molecule has 0 heterocycles. The SMILES string of the molecule is CCCC[B-](CCCC)(CCCC)CCCC.CCCC[N+](CCCC)(CCCC)CCCC. The van der Waals surface area contributed by atoms with Crippen LogP contribution >= 0.6 is 0 Å². The lowest BCUT2D eigenvalue weighted by atomic mass is 9.17. The largest absolute Gasteiger partial charge is 0.324 e. The molecule has 0 amide bonds. The molecule has 0 saturated heterocycles. The summed E-state index contributed by atoms with van der Waals surface area (Å²) in [5.41, 5.74) is 0. The third-order valence-electron chi connectivity index (χ3n) is 8.62. The van der Waals surface area contributed by atoms with Crippen molar-refractivity contribution in [1.82, 2.24) is 0 Å². The molecule has 0 aliphatic heterocycles. The zero-order valence-corrected chi connectivity index (χ0v) is 26.0.